The van der Waals surface area contributed by atoms with Gasteiger partial charge in [0.25, 0.3) is 0 Å². The van der Waals surface area contributed by atoms with Gasteiger partial charge in [0, 0.05) is 11.0 Å². The fraction of sp³-hybridized carbons (Fsp3) is 0.300. The Bertz CT molecular complexity index is 529. The number of imidazole rings is 1. The number of aliphatic hydroxyl groups excluding tert-OH is 2. The number of aromatic amines is 1. The highest BCUT2D eigenvalue weighted by atomic mass is 79.9. The van der Waals surface area contributed by atoms with Gasteiger partial charge in [-0.15, -0.1) is 0 Å². The minimum absolute atomic E-state index is 0.267. The Morgan fingerprint density at radius 1 is 1.47 bits per heavy atom. The maximum absolute atomic E-state index is 9.31. The molecule has 1 aromatic carbocycles. The van der Waals surface area contributed by atoms with Crippen molar-refractivity contribution in [3.8, 4) is 0 Å². The summed E-state index contributed by atoms with van der Waals surface area (Å²) in [6.45, 7) is -0.00346. The van der Waals surface area contributed by atoms with E-state index in [9.17, 15) is 5.11 Å². The average Bonchev–Trinajstić information content (AvgIpc) is 2.76. The van der Waals surface area contributed by atoms with Crippen LogP contribution in [-0.2, 0) is 0 Å². The number of hydrogen-bond donors (Lipinski definition) is 4. The summed E-state index contributed by atoms with van der Waals surface area (Å²) in [6, 6.07) is 1.90. The number of aromatic nitrogens is 2. The van der Waals surface area contributed by atoms with Gasteiger partial charge in [-0.05, 0) is 37.9 Å². The number of rotatable bonds is 4. The zero-order chi connectivity index (χ0) is 12.4. The summed E-state index contributed by atoms with van der Waals surface area (Å²) in [6.07, 6.45) is 0.831. The molecule has 0 spiro atoms. The van der Waals surface area contributed by atoms with Gasteiger partial charge < -0.3 is 20.5 Å². The van der Waals surface area contributed by atoms with E-state index in [1.54, 1.807) is 6.33 Å². The highest BCUT2D eigenvalue weighted by Gasteiger charge is 2.12. The van der Waals surface area contributed by atoms with Crippen LogP contribution in [0.2, 0.25) is 0 Å². The van der Waals surface area contributed by atoms with E-state index in [-0.39, 0.29) is 13.2 Å². The van der Waals surface area contributed by atoms with Gasteiger partial charge in [-0.1, -0.05) is 0 Å². The Hall–Kier alpha value is -0.630. The zero-order valence-electron chi connectivity index (χ0n) is 8.74. The molecule has 0 radical (unpaired) electrons. The number of anilines is 1. The SMILES string of the molecule is OCC(O)CNc1c(Br)cc2[nH]cnc2c1Br. The van der Waals surface area contributed by atoms with E-state index in [1.807, 2.05) is 6.07 Å². The first kappa shape index (κ1) is 12.8. The molecule has 1 atom stereocenters. The van der Waals surface area contributed by atoms with Crippen molar-refractivity contribution in [2.45, 2.75) is 6.10 Å². The number of nitrogens with zero attached hydrogens (tertiary/aromatic N) is 1. The van der Waals surface area contributed by atoms with E-state index in [0.29, 0.717) is 0 Å². The Morgan fingerprint density at radius 2 is 2.24 bits per heavy atom. The third kappa shape index (κ3) is 2.62. The molecule has 2 aromatic rings. The van der Waals surface area contributed by atoms with Crippen molar-refractivity contribution in [1.82, 2.24) is 9.97 Å². The average molecular weight is 365 g/mol. The van der Waals surface area contributed by atoms with Crippen LogP contribution in [0.5, 0.6) is 0 Å². The largest absolute Gasteiger partial charge is 0.394 e. The first-order chi connectivity index (χ1) is 8.13. The molecule has 0 amide bonds. The minimum Gasteiger partial charge on any atom is -0.394 e. The number of halogens is 2. The van der Waals surface area contributed by atoms with Gasteiger partial charge >= 0.3 is 0 Å². The van der Waals surface area contributed by atoms with Crippen molar-refractivity contribution in [1.29, 1.82) is 0 Å². The van der Waals surface area contributed by atoms with Crippen LogP contribution in [0.15, 0.2) is 21.3 Å². The number of hydrogen-bond acceptors (Lipinski definition) is 4. The van der Waals surface area contributed by atoms with Crippen molar-refractivity contribution in [2.75, 3.05) is 18.5 Å². The fourth-order valence-electron chi connectivity index (χ4n) is 1.46. The smallest absolute Gasteiger partial charge is 0.105 e. The van der Waals surface area contributed by atoms with Crippen molar-refractivity contribution in [3.63, 3.8) is 0 Å². The van der Waals surface area contributed by atoms with Crippen LogP contribution >= 0.6 is 31.9 Å². The molecule has 1 unspecified atom stereocenters. The number of fused-ring (bicyclic) bond motifs is 1. The van der Waals surface area contributed by atoms with Crippen LogP contribution in [0.25, 0.3) is 11.0 Å². The molecule has 1 aromatic heterocycles. The molecule has 7 heteroatoms. The molecule has 4 N–H and O–H groups in total. The maximum Gasteiger partial charge on any atom is 0.105 e. The number of H-pyrrole nitrogens is 1. The van der Waals surface area contributed by atoms with Crippen molar-refractivity contribution < 1.29 is 10.2 Å². The Balaban J connectivity index is 2.32. The molecule has 5 nitrogen and oxygen atoms in total. The monoisotopic (exact) mass is 363 g/mol. The summed E-state index contributed by atoms with van der Waals surface area (Å²) in [5.41, 5.74) is 2.53. The zero-order valence-corrected chi connectivity index (χ0v) is 11.9. The van der Waals surface area contributed by atoms with Crippen molar-refractivity contribution in [3.05, 3.63) is 21.3 Å². The number of aliphatic hydroxyl groups is 2. The summed E-state index contributed by atoms with van der Waals surface area (Å²) >= 11 is 6.91. The Kier molecular flexibility index (Phi) is 4.03. The van der Waals surface area contributed by atoms with Crippen molar-refractivity contribution >= 4 is 48.6 Å². The molecule has 92 valence electrons. The minimum atomic E-state index is -0.788. The second-order valence-corrected chi connectivity index (χ2v) is 5.21. The summed E-state index contributed by atoms with van der Waals surface area (Å²) in [5, 5.41) is 21.1. The second-order valence-electron chi connectivity index (χ2n) is 3.56. The summed E-state index contributed by atoms with van der Waals surface area (Å²) in [4.78, 5) is 7.21. The Morgan fingerprint density at radius 3 is 2.94 bits per heavy atom. The van der Waals surface area contributed by atoms with Crippen LogP contribution in [0.1, 0.15) is 0 Å². The van der Waals surface area contributed by atoms with Gasteiger partial charge in [0.1, 0.15) is 5.52 Å². The molecule has 17 heavy (non-hydrogen) atoms. The fourth-order valence-corrected chi connectivity index (χ4v) is 2.96. The van der Waals surface area contributed by atoms with Gasteiger partial charge in [-0.3, -0.25) is 0 Å². The molecule has 0 fully saturated rings. The van der Waals surface area contributed by atoms with E-state index in [4.69, 9.17) is 5.11 Å². The normalized spacial score (nSPS) is 12.9. The first-order valence-corrected chi connectivity index (χ1v) is 6.56. The van der Waals surface area contributed by atoms with E-state index in [1.165, 1.54) is 0 Å². The van der Waals surface area contributed by atoms with Gasteiger partial charge in [0.15, 0.2) is 0 Å². The quantitative estimate of drug-likeness (QED) is 0.667. The topological polar surface area (TPSA) is 81.2 Å². The molecule has 2 rings (SSSR count). The van der Waals surface area contributed by atoms with Gasteiger partial charge in [0.05, 0.1) is 34.7 Å². The molecular formula is C10H11Br2N3O2. The predicted molar refractivity (Wildman–Crippen MR) is 73.1 cm³/mol. The lowest BCUT2D eigenvalue weighted by Gasteiger charge is -2.13. The molecule has 0 aliphatic rings. The first-order valence-electron chi connectivity index (χ1n) is 4.97. The standard InChI is InChI=1S/C10H11Br2N3O2/c11-6-1-7-10(15-4-14-7)8(12)9(6)13-2-5(17)3-16/h1,4-5,13,16-17H,2-3H2,(H,14,15). The molecule has 0 bridgehead atoms. The third-order valence-electron chi connectivity index (χ3n) is 2.33. The lowest BCUT2D eigenvalue weighted by atomic mass is 10.2. The molecule has 1 heterocycles. The summed E-state index contributed by atoms with van der Waals surface area (Å²) in [7, 11) is 0. The molecule has 0 saturated carbocycles. The van der Waals surface area contributed by atoms with E-state index >= 15 is 0 Å². The van der Waals surface area contributed by atoms with E-state index in [2.05, 4.69) is 47.1 Å². The second kappa shape index (κ2) is 5.34. The number of nitrogens with one attached hydrogen (secondary N) is 2. The van der Waals surface area contributed by atoms with Gasteiger partial charge in [-0.2, -0.15) is 0 Å². The molecule has 0 saturated heterocycles. The van der Waals surface area contributed by atoms with Crippen LogP contribution in [-0.4, -0.2) is 39.4 Å². The molecule has 0 aliphatic carbocycles. The molecule has 0 aliphatic heterocycles. The number of benzene rings is 1. The van der Waals surface area contributed by atoms with Crippen LogP contribution in [0.3, 0.4) is 0 Å². The van der Waals surface area contributed by atoms with E-state index in [0.717, 1.165) is 25.7 Å². The highest BCUT2D eigenvalue weighted by molar-refractivity contribution is 9.11. The lowest BCUT2D eigenvalue weighted by Crippen LogP contribution is -2.23. The summed E-state index contributed by atoms with van der Waals surface area (Å²) in [5.74, 6) is 0. The van der Waals surface area contributed by atoms with Gasteiger partial charge in [-0.25, -0.2) is 4.98 Å². The highest BCUT2D eigenvalue weighted by Crippen LogP contribution is 2.36. The Labute approximate surface area is 115 Å². The van der Waals surface area contributed by atoms with Crippen LogP contribution in [0.4, 0.5) is 5.69 Å². The summed E-state index contributed by atoms with van der Waals surface area (Å²) < 4.78 is 1.67. The maximum atomic E-state index is 9.31. The van der Waals surface area contributed by atoms with Gasteiger partial charge in [0.2, 0.25) is 0 Å². The third-order valence-corrected chi connectivity index (χ3v) is 3.73. The van der Waals surface area contributed by atoms with E-state index < -0.39 is 6.10 Å². The van der Waals surface area contributed by atoms with Crippen molar-refractivity contribution in [2.24, 2.45) is 0 Å². The lowest BCUT2D eigenvalue weighted by molar-refractivity contribution is 0.105. The molecular weight excluding hydrogens is 354 g/mol. The van der Waals surface area contributed by atoms with Crippen LogP contribution < -0.4 is 5.32 Å². The predicted octanol–water partition coefficient (Wildman–Crippen LogP) is 1.85. The van der Waals surface area contributed by atoms with Crippen LogP contribution in [0, 0.1) is 0 Å².